The number of rotatable bonds is 68. The topological polar surface area (TPSA) is 237 Å². The molecule has 0 radical (unpaired) electrons. The monoisotopic (exact) mass is 1310 g/mol. The van der Waals surface area contributed by atoms with E-state index in [1.165, 1.54) is 154 Å². The maximum atomic E-state index is 13.0. The minimum atomic E-state index is -4.95. The summed E-state index contributed by atoms with van der Waals surface area (Å²) in [6.45, 7) is 11.8. The molecule has 0 heterocycles. The molecular weight excluding hydrogens is 1170 g/mol. The molecule has 17 nitrogen and oxygen atoms in total. The summed E-state index contributed by atoms with van der Waals surface area (Å²) in [4.78, 5) is 72.5. The van der Waals surface area contributed by atoms with Crippen LogP contribution in [0, 0.1) is 17.8 Å². The lowest BCUT2D eigenvalue weighted by atomic mass is 10.0. The van der Waals surface area contributed by atoms with E-state index in [4.69, 9.17) is 37.0 Å². The average molecular weight is 1310 g/mol. The van der Waals surface area contributed by atoms with Crippen molar-refractivity contribution in [2.75, 3.05) is 39.6 Å². The van der Waals surface area contributed by atoms with Crippen molar-refractivity contribution in [1.29, 1.82) is 0 Å². The summed E-state index contributed by atoms with van der Waals surface area (Å²) in [5, 5.41) is 10.6. The highest BCUT2D eigenvalue weighted by molar-refractivity contribution is 7.47. The number of ether oxygens (including phenoxy) is 4. The van der Waals surface area contributed by atoms with E-state index >= 15 is 0 Å². The summed E-state index contributed by atoms with van der Waals surface area (Å²) >= 11 is 0. The minimum absolute atomic E-state index is 0.105. The van der Waals surface area contributed by atoms with Crippen molar-refractivity contribution in [1.82, 2.24) is 0 Å². The molecule has 3 N–H and O–H groups in total. The molecule has 0 amide bonds. The molecule has 0 aliphatic rings. The van der Waals surface area contributed by atoms with Gasteiger partial charge in [0.1, 0.15) is 19.3 Å². The normalized spacial score (nSPS) is 14.2. The maximum Gasteiger partial charge on any atom is 0.472 e. The number of carbonyl (C=O) groups is 4. The predicted molar refractivity (Wildman–Crippen MR) is 358 cm³/mol. The molecule has 0 saturated carbocycles. The second-order valence-electron chi connectivity index (χ2n) is 26.7. The lowest BCUT2D eigenvalue weighted by molar-refractivity contribution is -0.161. The number of hydrogen-bond acceptors (Lipinski definition) is 15. The Hall–Kier alpha value is -1.94. The zero-order valence-electron chi connectivity index (χ0n) is 57.9. The van der Waals surface area contributed by atoms with Gasteiger partial charge in [-0.1, -0.05) is 299 Å². The van der Waals surface area contributed by atoms with E-state index < -0.39 is 97.5 Å². The van der Waals surface area contributed by atoms with Gasteiger partial charge in [-0.25, -0.2) is 9.13 Å². The van der Waals surface area contributed by atoms with Gasteiger partial charge in [0.05, 0.1) is 26.4 Å². The van der Waals surface area contributed by atoms with Crippen molar-refractivity contribution < 1.29 is 80.2 Å². The van der Waals surface area contributed by atoms with Crippen LogP contribution in [0.5, 0.6) is 0 Å². The first kappa shape index (κ1) is 87.1. The van der Waals surface area contributed by atoms with Crippen LogP contribution in [-0.2, 0) is 65.4 Å². The third-order valence-corrected chi connectivity index (χ3v) is 18.0. The Labute approximate surface area is 543 Å². The summed E-state index contributed by atoms with van der Waals surface area (Å²) in [6, 6.07) is 0. The number of phosphoric acid groups is 2. The molecule has 19 heteroatoms. The van der Waals surface area contributed by atoms with Gasteiger partial charge >= 0.3 is 39.5 Å². The fourth-order valence-electron chi connectivity index (χ4n) is 10.5. The molecular formula is C70H136O17P2. The number of unbranched alkanes of at least 4 members (excludes halogenated alkanes) is 36. The van der Waals surface area contributed by atoms with Gasteiger partial charge < -0.3 is 33.8 Å². The van der Waals surface area contributed by atoms with E-state index in [0.29, 0.717) is 25.7 Å². The van der Waals surface area contributed by atoms with Gasteiger partial charge in [0.15, 0.2) is 12.2 Å². The lowest BCUT2D eigenvalue weighted by Crippen LogP contribution is -2.30. The maximum absolute atomic E-state index is 13.0. The van der Waals surface area contributed by atoms with Crippen LogP contribution in [0.1, 0.15) is 350 Å². The number of aliphatic hydroxyl groups excluding tert-OH is 1. The predicted octanol–water partition coefficient (Wildman–Crippen LogP) is 19.8. The summed E-state index contributed by atoms with van der Waals surface area (Å²) in [5.41, 5.74) is 0. The molecule has 0 fully saturated rings. The first-order chi connectivity index (χ1) is 42.7. The van der Waals surface area contributed by atoms with Crippen LogP contribution in [0.2, 0.25) is 0 Å². The first-order valence-corrected chi connectivity index (χ1v) is 39.3. The molecule has 0 spiro atoms. The van der Waals surface area contributed by atoms with Crippen LogP contribution in [0.15, 0.2) is 0 Å². The summed E-state index contributed by atoms with van der Waals surface area (Å²) in [6.07, 6.45) is 44.5. The van der Waals surface area contributed by atoms with E-state index in [2.05, 4.69) is 48.5 Å². The van der Waals surface area contributed by atoms with Gasteiger partial charge in [-0.2, -0.15) is 0 Å². The highest BCUT2D eigenvalue weighted by atomic mass is 31.2. The quantitative estimate of drug-likeness (QED) is 0.0222. The van der Waals surface area contributed by atoms with Crippen molar-refractivity contribution in [3.8, 4) is 0 Å². The molecule has 0 aliphatic carbocycles. The van der Waals surface area contributed by atoms with E-state index in [1.807, 2.05) is 0 Å². The molecule has 5 atom stereocenters. The highest BCUT2D eigenvalue weighted by Gasteiger charge is 2.30. The van der Waals surface area contributed by atoms with Crippen LogP contribution >= 0.6 is 15.6 Å². The van der Waals surface area contributed by atoms with Crippen LogP contribution in [0.3, 0.4) is 0 Å². The van der Waals surface area contributed by atoms with Gasteiger partial charge in [0, 0.05) is 25.7 Å². The smallest absolute Gasteiger partial charge is 0.462 e. The van der Waals surface area contributed by atoms with Gasteiger partial charge in [-0.05, 0) is 43.4 Å². The number of esters is 4. The first-order valence-electron chi connectivity index (χ1n) is 36.3. The van der Waals surface area contributed by atoms with Crippen LogP contribution in [0.25, 0.3) is 0 Å². The fourth-order valence-corrected chi connectivity index (χ4v) is 12.1. The SMILES string of the molecule is CCCCCCCCCCC(=O)OC[C@H](COP(=O)(O)OC[C@H](O)COP(=O)(O)OC[C@@H](COC(=O)CCCCCCCCCCCC(C)C)OC(=O)CCCCCCCCCCCCCCCCC(C)C)OC(=O)CCCCCCCCCCCC(C)C. The van der Waals surface area contributed by atoms with Gasteiger partial charge in [-0.15, -0.1) is 0 Å². The molecule has 528 valence electrons. The van der Waals surface area contributed by atoms with Crippen molar-refractivity contribution in [3.05, 3.63) is 0 Å². The van der Waals surface area contributed by atoms with Gasteiger partial charge in [0.25, 0.3) is 0 Å². The fraction of sp³-hybridized carbons (Fsp3) is 0.943. The summed E-state index contributed by atoms with van der Waals surface area (Å²) < 4.78 is 68.2. The molecule has 89 heavy (non-hydrogen) atoms. The lowest BCUT2D eigenvalue weighted by Gasteiger charge is -2.21. The third-order valence-electron chi connectivity index (χ3n) is 16.1. The third kappa shape index (κ3) is 64.6. The Kier molecular flexibility index (Phi) is 59.6. The van der Waals surface area contributed by atoms with Crippen molar-refractivity contribution >= 4 is 39.5 Å². The molecule has 2 unspecified atom stereocenters. The molecule has 0 bridgehead atoms. The average Bonchev–Trinajstić information content (AvgIpc) is 3.70. The van der Waals surface area contributed by atoms with Gasteiger partial charge in [-0.3, -0.25) is 37.3 Å². The Balaban J connectivity index is 5.22. The second-order valence-corrected chi connectivity index (χ2v) is 29.6. The molecule has 0 aliphatic heterocycles. The highest BCUT2D eigenvalue weighted by Crippen LogP contribution is 2.45. The molecule has 0 rings (SSSR count). The molecule has 0 aromatic carbocycles. The van der Waals surface area contributed by atoms with Crippen LogP contribution in [-0.4, -0.2) is 96.7 Å². The number of aliphatic hydroxyl groups is 1. The van der Waals surface area contributed by atoms with Crippen LogP contribution in [0.4, 0.5) is 0 Å². The zero-order chi connectivity index (χ0) is 65.9. The Morgan fingerprint density at radius 1 is 0.303 bits per heavy atom. The van der Waals surface area contributed by atoms with Crippen molar-refractivity contribution in [3.63, 3.8) is 0 Å². The molecule has 0 saturated heterocycles. The summed E-state index contributed by atoms with van der Waals surface area (Å²) in [5.74, 6) is 0.147. The summed E-state index contributed by atoms with van der Waals surface area (Å²) in [7, 11) is -9.90. The van der Waals surface area contributed by atoms with Crippen LogP contribution < -0.4 is 0 Å². The zero-order valence-corrected chi connectivity index (χ0v) is 59.7. The minimum Gasteiger partial charge on any atom is -0.462 e. The van der Waals surface area contributed by atoms with E-state index in [9.17, 15) is 43.2 Å². The number of carbonyl (C=O) groups excluding carboxylic acids is 4. The van der Waals surface area contributed by atoms with E-state index in [-0.39, 0.29) is 25.7 Å². The van der Waals surface area contributed by atoms with Crippen molar-refractivity contribution in [2.45, 2.75) is 369 Å². The number of hydrogen-bond donors (Lipinski definition) is 3. The molecule has 0 aromatic heterocycles. The van der Waals surface area contributed by atoms with E-state index in [0.717, 1.165) is 114 Å². The Morgan fingerprint density at radius 2 is 0.517 bits per heavy atom. The second kappa shape index (κ2) is 61.0. The Bertz CT molecular complexity index is 1750. The standard InChI is InChI=1S/C70H136O17P2/c1-8-9-10-11-12-30-37-44-51-67(72)80-57-65(87-70(75)54-47-40-33-26-20-23-29-36-43-50-63(6)7)59-84-88(76,77)82-55-64(71)56-83-89(78,79)85-60-66(58-81-68(73)52-45-38-31-25-19-22-28-35-42-49-62(4)5)86-69(74)53-46-39-32-24-18-16-14-13-15-17-21-27-34-41-48-61(2)3/h61-66,71H,8-60H2,1-7H3,(H,76,77)(H,78,79)/t64-,65+,66+/m0/s1. The van der Waals surface area contributed by atoms with Crippen molar-refractivity contribution in [2.24, 2.45) is 17.8 Å². The molecule has 0 aromatic rings. The Morgan fingerprint density at radius 3 is 0.764 bits per heavy atom. The van der Waals surface area contributed by atoms with E-state index in [1.54, 1.807) is 0 Å². The largest absolute Gasteiger partial charge is 0.472 e. The number of phosphoric ester groups is 2. The van der Waals surface area contributed by atoms with Gasteiger partial charge in [0.2, 0.25) is 0 Å².